The van der Waals surface area contributed by atoms with E-state index in [-0.39, 0.29) is 19.5 Å². The Morgan fingerprint density at radius 2 is 2.00 bits per heavy atom. The van der Waals surface area contributed by atoms with Gasteiger partial charge < -0.3 is 4.74 Å². The van der Waals surface area contributed by atoms with Crippen LogP contribution in [-0.4, -0.2) is 17.9 Å². The molecule has 0 aromatic rings. The van der Waals surface area contributed by atoms with Crippen molar-refractivity contribution in [1.29, 1.82) is 0 Å². The summed E-state index contributed by atoms with van der Waals surface area (Å²) in [5.74, 6) is -0.561. The van der Waals surface area contributed by atoms with Gasteiger partial charge in [-0.3, -0.25) is 4.79 Å². The Hall–Kier alpha value is -0.787. The molecule has 0 N–H and O–H groups in total. The Morgan fingerprint density at radius 1 is 1.50 bits per heavy atom. The van der Waals surface area contributed by atoms with Crippen LogP contribution in [-0.2, 0) is 38.6 Å². The van der Waals surface area contributed by atoms with Gasteiger partial charge in [-0.05, 0) is 0 Å². The predicted octanol–water partition coefficient (Wildman–Crippen LogP) is -0.539. The van der Waals surface area contributed by atoms with E-state index in [9.17, 15) is 14.4 Å². The van der Waals surface area contributed by atoms with Gasteiger partial charge in [0.2, 0.25) is 0 Å². The monoisotopic (exact) mass is 231 g/mol. The number of carbonyl (C=O) groups excluding carboxylic acids is 3. The summed E-state index contributed by atoms with van der Waals surface area (Å²) < 4.78 is 3.89. The summed E-state index contributed by atoms with van der Waals surface area (Å²) in [6.07, 6.45) is 0.501. The summed E-state index contributed by atoms with van der Waals surface area (Å²) in [4.78, 5) is 29.4. The van der Waals surface area contributed by atoms with Crippen molar-refractivity contribution in [3.05, 3.63) is 6.08 Å². The van der Waals surface area contributed by atoms with E-state index in [1.54, 1.807) is 0 Å². The van der Waals surface area contributed by atoms with Gasteiger partial charge in [0, 0.05) is 26.4 Å². The summed E-state index contributed by atoms with van der Waals surface area (Å²) in [5, 5.41) is 0. The van der Waals surface area contributed by atoms with Gasteiger partial charge in [0.1, 0.15) is 12.0 Å². The summed E-state index contributed by atoms with van der Waals surface area (Å²) >= 11 is 0. The zero-order valence-corrected chi connectivity index (χ0v) is 6.68. The predicted molar refractivity (Wildman–Crippen MR) is 27.0 cm³/mol. The third kappa shape index (κ3) is 7.21. The van der Waals surface area contributed by atoms with Crippen LogP contribution in [0.3, 0.4) is 0 Å². The standard InChI is InChI=1S/C5H4O4.Rh/c1-4(7)9-5(8)2-3-6;/h2H,1H3;. The fraction of sp³-hybridized carbons (Fsp3) is 0.200. The average Bonchev–Trinajstić information content (AvgIpc) is 1.63. The molecule has 0 fully saturated rings. The van der Waals surface area contributed by atoms with Crippen molar-refractivity contribution < 1.29 is 38.6 Å². The first-order valence-corrected chi connectivity index (χ1v) is 2.10. The van der Waals surface area contributed by atoms with E-state index in [2.05, 4.69) is 4.74 Å². The normalized spacial score (nSPS) is 6.50. The summed E-state index contributed by atoms with van der Waals surface area (Å²) in [6.45, 7) is 1.07. The fourth-order valence-electron chi connectivity index (χ4n) is 0.219. The van der Waals surface area contributed by atoms with Crippen LogP contribution < -0.4 is 0 Å². The number of hydrogen-bond donors (Lipinski definition) is 0. The second kappa shape index (κ2) is 6.34. The summed E-state index contributed by atoms with van der Waals surface area (Å²) in [7, 11) is 0. The molecule has 0 aliphatic heterocycles. The van der Waals surface area contributed by atoms with Crippen LogP contribution >= 0.6 is 0 Å². The van der Waals surface area contributed by atoms with Crippen molar-refractivity contribution in [2.45, 2.75) is 6.92 Å². The molecule has 0 saturated heterocycles. The van der Waals surface area contributed by atoms with Crippen molar-refractivity contribution >= 4 is 17.9 Å². The van der Waals surface area contributed by atoms with Gasteiger partial charge in [-0.1, -0.05) is 0 Å². The molecule has 10 heavy (non-hydrogen) atoms. The minimum Gasteiger partial charge on any atom is -0.390 e. The Labute approximate surface area is 70.0 Å². The van der Waals surface area contributed by atoms with E-state index in [4.69, 9.17) is 0 Å². The Balaban J connectivity index is 0. The van der Waals surface area contributed by atoms with Gasteiger partial charge >= 0.3 is 11.9 Å². The molecule has 0 aliphatic carbocycles. The summed E-state index contributed by atoms with van der Waals surface area (Å²) in [6, 6.07) is 0. The van der Waals surface area contributed by atoms with Crippen molar-refractivity contribution in [1.82, 2.24) is 0 Å². The molecule has 0 bridgehead atoms. The van der Waals surface area contributed by atoms with E-state index in [0.29, 0.717) is 6.08 Å². The minimum absolute atomic E-state index is 0. The quantitative estimate of drug-likeness (QED) is 0.200. The number of rotatable bonds is 1. The fourth-order valence-corrected chi connectivity index (χ4v) is 0.219. The maximum Gasteiger partial charge on any atom is 0.349 e. The van der Waals surface area contributed by atoms with Crippen LogP contribution in [0.15, 0.2) is 6.08 Å². The topological polar surface area (TPSA) is 60.4 Å². The van der Waals surface area contributed by atoms with Crippen molar-refractivity contribution in [2.24, 2.45) is 0 Å². The molecule has 0 saturated carbocycles. The molecule has 0 amide bonds. The van der Waals surface area contributed by atoms with Gasteiger partial charge in [0.25, 0.3) is 0 Å². The first-order chi connectivity index (χ1) is 4.16. The Kier molecular flexibility index (Phi) is 7.57. The molecule has 0 aromatic carbocycles. The zero-order chi connectivity index (χ0) is 7.28. The molecular formula is C5H4O4Rh. The SMILES string of the molecule is CC(=O)OC(=O)C=C=O.[Rh]. The molecule has 0 heterocycles. The Bertz CT molecular complexity index is 180. The number of ether oxygens (including phenoxy) is 1. The van der Waals surface area contributed by atoms with Crippen LogP contribution in [0.5, 0.6) is 0 Å². The van der Waals surface area contributed by atoms with Gasteiger partial charge in [0.05, 0.1) is 0 Å². The second-order valence-electron chi connectivity index (χ2n) is 1.17. The van der Waals surface area contributed by atoms with E-state index >= 15 is 0 Å². The number of hydrogen-bond acceptors (Lipinski definition) is 4. The maximum atomic E-state index is 10.1. The van der Waals surface area contributed by atoms with Crippen LogP contribution in [0.25, 0.3) is 0 Å². The smallest absolute Gasteiger partial charge is 0.349 e. The van der Waals surface area contributed by atoms with Crippen LogP contribution in [0.2, 0.25) is 0 Å². The molecule has 0 aliphatic rings. The first-order valence-electron chi connectivity index (χ1n) is 2.10. The van der Waals surface area contributed by atoms with Gasteiger partial charge in [0.15, 0.2) is 0 Å². The molecule has 0 atom stereocenters. The molecule has 0 spiro atoms. The molecule has 4 nitrogen and oxygen atoms in total. The van der Waals surface area contributed by atoms with Crippen molar-refractivity contribution in [3.63, 3.8) is 0 Å². The van der Waals surface area contributed by atoms with E-state index < -0.39 is 11.9 Å². The maximum absolute atomic E-state index is 10.1. The molecule has 0 rings (SSSR count). The van der Waals surface area contributed by atoms with Gasteiger partial charge in [-0.15, -0.1) is 0 Å². The number of esters is 2. The second-order valence-corrected chi connectivity index (χ2v) is 1.17. The minimum atomic E-state index is -0.988. The average molecular weight is 231 g/mol. The summed E-state index contributed by atoms with van der Waals surface area (Å²) in [5.41, 5.74) is 0. The van der Waals surface area contributed by atoms with Crippen LogP contribution in [0.4, 0.5) is 0 Å². The van der Waals surface area contributed by atoms with Gasteiger partial charge in [-0.25, -0.2) is 9.59 Å². The van der Waals surface area contributed by atoms with Crippen LogP contribution in [0.1, 0.15) is 6.92 Å². The van der Waals surface area contributed by atoms with E-state index in [1.807, 2.05) is 0 Å². The molecule has 5 heteroatoms. The number of carbonyl (C=O) groups is 2. The molecular weight excluding hydrogens is 227 g/mol. The zero-order valence-electron chi connectivity index (χ0n) is 5.04. The first kappa shape index (κ1) is 11.9. The largest absolute Gasteiger partial charge is 0.390 e. The third-order valence-corrected chi connectivity index (χ3v) is 0.421. The molecule has 1 radical (unpaired) electrons. The van der Waals surface area contributed by atoms with Gasteiger partial charge in [-0.2, -0.15) is 0 Å². The van der Waals surface area contributed by atoms with Crippen molar-refractivity contribution in [2.75, 3.05) is 0 Å². The molecule has 57 valence electrons. The van der Waals surface area contributed by atoms with Crippen LogP contribution in [0, 0.1) is 0 Å². The third-order valence-electron chi connectivity index (χ3n) is 0.421. The molecule has 0 aromatic heterocycles. The van der Waals surface area contributed by atoms with E-state index in [0.717, 1.165) is 6.92 Å². The molecule has 0 unspecified atom stereocenters. The van der Waals surface area contributed by atoms with Crippen molar-refractivity contribution in [3.8, 4) is 0 Å². The van der Waals surface area contributed by atoms with E-state index in [1.165, 1.54) is 5.94 Å². The Morgan fingerprint density at radius 3 is 2.30 bits per heavy atom.